The highest BCUT2D eigenvalue weighted by atomic mass is 35.5. The van der Waals surface area contributed by atoms with Gasteiger partial charge in [0.25, 0.3) is 5.91 Å². The lowest BCUT2D eigenvalue weighted by Gasteiger charge is -2.07. The zero-order valence-corrected chi connectivity index (χ0v) is 19.2. The minimum Gasteiger partial charge on any atom is -0.423 e. The van der Waals surface area contributed by atoms with Gasteiger partial charge < -0.3 is 4.74 Å². The first-order valence-corrected chi connectivity index (χ1v) is 11.6. The molecule has 3 aromatic rings. The average molecular weight is 506 g/mol. The molecule has 3 aromatic carbocycles. The molecule has 0 aromatic heterocycles. The first-order chi connectivity index (χ1) is 15.7. The van der Waals surface area contributed by atoms with Crippen molar-refractivity contribution in [1.29, 1.82) is 0 Å². The molecule has 0 spiro atoms. The third-order valence-electron chi connectivity index (χ3n) is 4.10. The van der Waals surface area contributed by atoms with Crippen LogP contribution in [-0.4, -0.2) is 33.1 Å². The Morgan fingerprint density at radius 3 is 2.45 bits per heavy atom. The lowest BCUT2D eigenvalue weighted by Crippen LogP contribution is -2.34. The lowest BCUT2D eigenvalue weighted by atomic mass is 10.2. The highest BCUT2D eigenvalue weighted by Crippen LogP contribution is 2.23. The van der Waals surface area contributed by atoms with E-state index in [1.165, 1.54) is 42.6 Å². The fraction of sp³-hybridized carbons (Fsp3) is 0.0455. The minimum absolute atomic E-state index is 0.0487. The van der Waals surface area contributed by atoms with E-state index in [0.29, 0.717) is 10.6 Å². The zero-order valence-electron chi connectivity index (χ0n) is 16.9. The number of hydrogen-bond donors (Lipinski definition) is 2. The Hall–Kier alpha value is -3.24. The van der Waals surface area contributed by atoms with Gasteiger partial charge in [-0.25, -0.2) is 23.4 Å². The molecular formula is C22H17Cl2N3O5S. The fourth-order valence-electron chi connectivity index (χ4n) is 2.54. The molecule has 11 heteroatoms. The van der Waals surface area contributed by atoms with E-state index in [-0.39, 0.29) is 21.2 Å². The van der Waals surface area contributed by atoms with Gasteiger partial charge in [-0.15, -0.1) is 0 Å². The van der Waals surface area contributed by atoms with E-state index in [9.17, 15) is 18.0 Å². The van der Waals surface area contributed by atoms with Gasteiger partial charge in [0, 0.05) is 5.02 Å². The largest absolute Gasteiger partial charge is 0.423 e. The minimum atomic E-state index is -3.81. The Morgan fingerprint density at radius 2 is 1.73 bits per heavy atom. The van der Waals surface area contributed by atoms with E-state index in [1.54, 1.807) is 36.4 Å². The van der Waals surface area contributed by atoms with Gasteiger partial charge in [0.2, 0.25) is 10.0 Å². The maximum atomic E-state index is 12.3. The molecule has 0 aliphatic carbocycles. The number of esters is 1. The smallest absolute Gasteiger partial charge is 0.345 e. The van der Waals surface area contributed by atoms with E-state index >= 15 is 0 Å². The number of nitrogens with one attached hydrogen (secondary N) is 2. The van der Waals surface area contributed by atoms with Crippen LogP contribution in [0, 0.1) is 0 Å². The fourth-order valence-corrected chi connectivity index (χ4v) is 4.03. The van der Waals surface area contributed by atoms with E-state index in [2.05, 4.69) is 15.2 Å². The van der Waals surface area contributed by atoms with Crippen LogP contribution < -0.4 is 14.9 Å². The van der Waals surface area contributed by atoms with Crippen LogP contribution >= 0.6 is 23.2 Å². The van der Waals surface area contributed by atoms with Crippen molar-refractivity contribution in [3.05, 3.63) is 94.0 Å². The summed E-state index contributed by atoms with van der Waals surface area (Å²) in [5, 5.41) is 4.34. The number of nitrogens with zero attached hydrogens (tertiary/aromatic N) is 1. The summed E-state index contributed by atoms with van der Waals surface area (Å²) in [6.45, 7) is -0.492. The molecule has 8 nitrogen and oxygen atoms in total. The highest BCUT2D eigenvalue weighted by molar-refractivity contribution is 7.89. The summed E-state index contributed by atoms with van der Waals surface area (Å²) in [6, 6.07) is 18.5. The van der Waals surface area contributed by atoms with Crippen molar-refractivity contribution in [2.45, 2.75) is 4.90 Å². The molecular weight excluding hydrogens is 489 g/mol. The summed E-state index contributed by atoms with van der Waals surface area (Å²) in [5.74, 6) is -1.09. The lowest BCUT2D eigenvalue weighted by molar-refractivity contribution is -0.119. The quantitative estimate of drug-likeness (QED) is 0.210. The summed E-state index contributed by atoms with van der Waals surface area (Å²) in [5.41, 5.74) is 2.90. The molecule has 0 saturated carbocycles. The van der Waals surface area contributed by atoms with E-state index < -0.39 is 28.4 Å². The van der Waals surface area contributed by atoms with Crippen LogP contribution in [-0.2, 0) is 14.8 Å². The number of amides is 1. The molecule has 0 atom stereocenters. The van der Waals surface area contributed by atoms with Crippen molar-refractivity contribution in [3.8, 4) is 5.75 Å². The number of rotatable bonds is 8. The average Bonchev–Trinajstić information content (AvgIpc) is 2.78. The van der Waals surface area contributed by atoms with Crippen molar-refractivity contribution >= 4 is 51.3 Å². The summed E-state index contributed by atoms with van der Waals surface area (Å²) < 4.78 is 31.7. The van der Waals surface area contributed by atoms with Crippen LogP contribution in [0.15, 0.2) is 82.8 Å². The van der Waals surface area contributed by atoms with Gasteiger partial charge in [0.1, 0.15) is 5.75 Å². The Morgan fingerprint density at radius 1 is 0.970 bits per heavy atom. The maximum absolute atomic E-state index is 12.3. The summed E-state index contributed by atoms with van der Waals surface area (Å²) in [7, 11) is -3.81. The Labute approximate surface area is 200 Å². The van der Waals surface area contributed by atoms with E-state index in [4.69, 9.17) is 27.9 Å². The second-order valence-electron chi connectivity index (χ2n) is 6.52. The third kappa shape index (κ3) is 7.13. The molecule has 0 aliphatic rings. The predicted molar refractivity (Wildman–Crippen MR) is 125 cm³/mol. The molecule has 0 bridgehead atoms. The summed E-state index contributed by atoms with van der Waals surface area (Å²) in [6.07, 6.45) is 1.32. The molecule has 0 radical (unpaired) electrons. The number of hydrazone groups is 1. The molecule has 1 amide bonds. The number of carbonyl (C=O) groups excluding carboxylic acids is 2. The van der Waals surface area contributed by atoms with Crippen molar-refractivity contribution in [2.24, 2.45) is 5.10 Å². The number of halogens is 2. The second kappa shape index (κ2) is 11.1. The monoisotopic (exact) mass is 505 g/mol. The standard InChI is InChI=1S/C22H17Cl2N3O5S/c23-16-9-10-19(20(24)12-16)22(29)32-17-6-4-5-15(11-17)13-25-27-21(28)14-26-33(30,31)18-7-2-1-3-8-18/h1-13,26H,14H2,(H,27,28). The van der Waals surface area contributed by atoms with Crippen LogP contribution in [0.4, 0.5) is 0 Å². The molecule has 3 rings (SSSR count). The van der Waals surface area contributed by atoms with Gasteiger partial charge in [0.15, 0.2) is 0 Å². The Bertz CT molecular complexity index is 1300. The van der Waals surface area contributed by atoms with Crippen LogP contribution in [0.3, 0.4) is 0 Å². The SMILES string of the molecule is O=C(CNS(=O)(=O)c1ccccc1)NN=Cc1cccc(OC(=O)c2ccc(Cl)cc2Cl)c1. The van der Waals surface area contributed by atoms with Gasteiger partial charge in [-0.05, 0) is 48.0 Å². The maximum Gasteiger partial charge on any atom is 0.345 e. The zero-order chi connectivity index (χ0) is 23.8. The molecule has 0 unspecified atom stereocenters. The summed E-state index contributed by atoms with van der Waals surface area (Å²) >= 11 is 11.8. The van der Waals surface area contributed by atoms with Gasteiger partial charge in [-0.3, -0.25) is 4.79 Å². The number of carbonyl (C=O) groups is 2. The molecule has 0 saturated heterocycles. The van der Waals surface area contributed by atoms with Crippen LogP contribution in [0.1, 0.15) is 15.9 Å². The Balaban J connectivity index is 1.55. The second-order valence-corrected chi connectivity index (χ2v) is 9.13. The van der Waals surface area contributed by atoms with Crippen LogP contribution in [0.2, 0.25) is 10.0 Å². The number of ether oxygens (including phenoxy) is 1. The molecule has 0 fully saturated rings. The Kier molecular flexibility index (Phi) is 8.18. The summed E-state index contributed by atoms with van der Waals surface area (Å²) in [4.78, 5) is 24.3. The van der Waals surface area contributed by atoms with Gasteiger partial charge in [0.05, 0.1) is 28.2 Å². The first-order valence-electron chi connectivity index (χ1n) is 9.38. The van der Waals surface area contributed by atoms with Crippen molar-refractivity contribution < 1.29 is 22.7 Å². The predicted octanol–water partition coefficient (Wildman–Crippen LogP) is 3.64. The van der Waals surface area contributed by atoms with Crippen molar-refractivity contribution in [1.82, 2.24) is 10.1 Å². The van der Waals surface area contributed by atoms with Crippen LogP contribution in [0.25, 0.3) is 0 Å². The molecule has 33 heavy (non-hydrogen) atoms. The highest BCUT2D eigenvalue weighted by Gasteiger charge is 2.15. The number of sulfonamides is 1. The van der Waals surface area contributed by atoms with Gasteiger partial charge in [-0.1, -0.05) is 53.5 Å². The number of hydrogen-bond acceptors (Lipinski definition) is 6. The van der Waals surface area contributed by atoms with Gasteiger partial charge in [-0.2, -0.15) is 5.10 Å². The molecule has 170 valence electrons. The van der Waals surface area contributed by atoms with Gasteiger partial charge >= 0.3 is 5.97 Å². The molecule has 0 aliphatic heterocycles. The topological polar surface area (TPSA) is 114 Å². The third-order valence-corrected chi connectivity index (χ3v) is 6.06. The van der Waals surface area contributed by atoms with E-state index in [1.807, 2.05) is 0 Å². The molecule has 0 heterocycles. The van der Waals surface area contributed by atoms with E-state index in [0.717, 1.165) is 0 Å². The van der Waals surface area contributed by atoms with Crippen LogP contribution in [0.5, 0.6) is 5.75 Å². The normalized spacial score (nSPS) is 11.3. The molecule has 2 N–H and O–H groups in total. The van der Waals surface area contributed by atoms with Crippen molar-refractivity contribution in [3.63, 3.8) is 0 Å². The van der Waals surface area contributed by atoms with Crippen molar-refractivity contribution in [2.75, 3.05) is 6.54 Å². The number of benzene rings is 3. The first kappa shape index (κ1) is 24.4.